The number of ketones is 1. The lowest BCUT2D eigenvalue weighted by atomic mass is 9.98. The van der Waals surface area contributed by atoms with Crippen molar-refractivity contribution in [1.29, 1.82) is 0 Å². The van der Waals surface area contributed by atoms with Crippen molar-refractivity contribution in [1.82, 2.24) is 4.31 Å². The molecule has 2 aromatic carbocycles. The van der Waals surface area contributed by atoms with Gasteiger partial charge in [-0.15, -0.1) is 0 Å². The molecule has 0 saturated carbocycles. The fourth-order valence-corrected chi connectivity index (χ4v) is 5.05. The van der Waals surface area contributed by atoms with Crippen molar-refractivity contribution in [3.8, 4) is 0 Å². The number of fused-ring (bicyclic) bond motifs is 1. The normalized spacial score (nSPS) is 13.9. The van der Waals surface area contributed by atoms with Crippen LogP contribution in [-0.2, 0) is 21.2 Å². The van der Waals surface area contributed by atoms with Crippen LogP contribution in [0.15, 0.2) is 41.3 Å². The predicted molar refractivity (Wildman–Crippen MR) is 117 cm³/mol. The van der Waals surface area contributed by atoms with Gasteiger partial charge in [0.05, 0.1) is 10.6 Å². The van der Waals surface area contributed by atoms with Crippen LogP contribution in [0.1, 0.15) is 47.7 Å². The topological polar surface area (TPSA) is 74.8 Å². The van der Waals surface area contributed by atoms with Crippen LogP contribution in [-0.4, -0.2) is 44.6 Å². The summed E-state index contributed by atoms with van der Waals surface area (Å²) in [5, 5.41) is 0. The summed E-state index contributed by atoms with van der Waals surface area (Å²) in [5.74, 6) is -0.737. The number of amides is 1. The zero-order valence-electron chi connectivity index (χ0n) is 18.0. The monoisotopic (exact) mass is 446 g/mol. The molecule has 0 unspecified atom stereocenters. The van der Waals surface area contributed by atoms with E-state index in [-0.39, 0.29) is 29.6 Å². The van der Waals surface area contributed by atoms with Crippen LogP contribution < -0.4 is 4.90 Å². The first-order valence-electron chi connectivity index (χ1n) is 10.3. The molecule has 6 nitrogen and oxygen atoms in total. The number of sulfonamides is 1. The van der Waals surface area contributed by atoms with Crippen molar-refractivity contribution in [2.75, 3.05) is 25.0 Å². The summed E-state index contributed by atoms with van der Waals surface area (Å²) in [7, 11) is -2.27. The lowest BCUT2D eigenvalue weighted by molar-refractivity contribution is -0.118. The summed E-state index contributed by atoms with van der Waals surface area (Å²) in [5.41, 5.74) is 2.46. The zero-order chi connectivity index (χ0) is 22.8. The molecule has 0 aliphatic carbocycles. The molecule has 0 aromatic heterocycles. The van der Waals surface area contributed by atoms with E-state index < -0.39 is 15.8 Å². The van der Waals surface area contributed by atoms with Crippen molar-refractivity contribution >= 4 is 27.4 Å². The van der Waals surface area contributed by atoms with Gasteiger partial charge in [0.15, 0.2) is 5.78 Å². The Hall–Kier alpha value is -2.58. The summed E-state index contributed by atoms with van der Waals surface area (Å²) in [4.78, 5) is 25.7. The Kier molecular flexibility index (Phi) is 6.91. The predicted octanol–water partition coefficient (Wildman–Crippen LogP) is 3.72. The van der Waals surface area contributed by atoms with Crippen molar-refractivity contribution in [2.45, 2.75) is 44.4 Å². The highest BCUT2D eigenvalue weighted by Gasteiger charge is 2.26. The average Bonchev–Trinajstić information content (AvgIpc) is 2.72. The molecule has 0 atom stereocenters. The number of rotatable bonds is 7. The molecule has 0 radical (unpaired) electrons. The molecule has 1 aliphatic rings. The van der Waals surface area contributed by atoms with Crippen LogP contribution in [0.25, 0.3) is 0 Å². The third-order valence-electron chi connectivity index (χ3n) is 5.52. The molecule has 0 bridgehead atoms. The first-order valence-corrected chi connectivity index (χ1v) is 11.7. The summed E-state index contributed by atoms with van der Waals surface area (Å²) >= 11 is 0. The number of hydrogen-bond acceptors (Lipinski definition) is 4. The summed E-state index contributed by atoms with van der Waals surface area (Å²) in [6, 6.07) is 9.12. The minimum absolute atomic E-state index is 0.0914. The summed E-state index contributed by atoms with van der Waals surface area (Å²) in [6.07, 6.45) is 1.95. The maximum absolute atomic E-state index is 14.5. The second-order valence-corrected chi connectivity index (χ2v) is 9.96. The van der Waals surface area contributed by atoms with E-state index in [1.54, 1.807) is 0 Å². The van der Waals surface area contributed by atoms with Gasteiger partial charge >= 0.3 is 0 Å². The van der Waals surface area contributed by atoms with Crippen LogP contribution >= 0.6 is 0 Å². The lowest BCUT2D eigenvalue weighted by Crippen LogP contribution is -2.37. The van der Waals surface area contributed by atoms with E-state index in [2.05, 4.69) is 0 Å². The second-order valence-electron chi connectivity index (χ2n) is 7.91. The highest BCUT2D eigenvalue weighted by Crippen LogP contribution is 2.31. The Morgan fingerprint density at radius 3 is 2.48 bits per heavy atom. The Labute approximate surface area is 182 Å². The van der Waals surface area contributed by atoms with E-state index in [4.69, 9.17) is 0 Å². The number of benzene rings is 2. The van der Waals surface area contributed by atoms with Gasteiger partial charge < -0.3 is 4.90 Å². The van der Waals surface area contributed by atoms with E-state index in [0.717, 1.165) is 24.0 Å². The smallest absolute Gasteiger partial charge is 0.242 e. The van der Waals surface area contributed by atoms with Crippen LogP contribution in [0.4, 0.5) is 10.1 Å². The van der Waals surface area contributed by atoms with Gasteiger partial charge in [0, 0.05) is 32.1 Å². The number of carbonyl (C=O) groups excluding carboxylic acids is 2. The maximum atomic E-state index is 14.5. The highest BCUT2D eigenvalue weighted by atomic mass is 32.2. The molecule has 0 fully saturated rings. The Bertz CT molecular complexity index is 1100. The largest absolute Gasteiger partial charge is 0.309 e. The lowest BCUT2D eigenvalue weighted by Gasteiger charge is -2.30. The molecule has 0 N–H and O–H groups in total. The molecule has 1 amide bonds. The van der Waals surface area contributed by atoms with Crippen LogP contribution in [0, 0.1) is 12.7 Å². The number of halogens is 1. The second kappa shape index (κ2) is 9.28. The van der Waals surface area contributed by atoms with Crippen LogP contribution in [0.2, 0.25) is 0 Å². The molecule has 1 aliphatic heterocycles. The van der Waals surface area contributed by atoms with Gasteiger partial charge in [0.1, 0.15) is 5.82 Å². The number of Topliss-reactive ketones (excluding diaryl/α,β-unsaturated/α-hetero) is 1. The molecular weight excluding hydrogens is 419 g/mol. The number of hydrogen-bond donors (Lipinski definition) is 0. The van der Waals surface area contributed by atoms with Crippen molar-refractivity contribution in [2.24, 2.45) is 0 Å². The van der Waals surface area contributed by atoms with Crippen molar-refractivity contribution in [3.63, 3.8) is 0 Å². The van der Waals surface area contributed by atoms with E-state index in [9.17, 15) is 22.4 Å². The highest BCUT2D eigenvalue weighted by molar-refractivity contribution is 7.89. The van der Waals surface area contributed by atoms with Gasteiger partial charge in [-0.1, -0.05) is 18.2 Å². The molecule has 31 heavy (non-hydrogen) atoms. The minimum atomic E-state index is -3.73. The number of anilines is 1. The van der Waals surface area contributed by atoms with E-state index in [1.807, 2.05) is 13.0 Å². The van der Waals surface area contributed by atoms with Gasteiger partial charge in [0.2, 0.25) is 15.9 Å². The molecule has 0 spiro atoms. The first-order chi connectivity index (χ1) is 14.6. The van der Waals surface area contributed by atoms with E-state index >= 15 is 0 Å². The Balaban J connectivity index is 1.63. The summed E-state index contributed by atoms with van der Waals surface area (Å²) < 4.78 is 41.2. The third-order valence-corrected chi connectivity index (χ3v) is 7.39. The summed E-state index contributed by atoms with van der Waals surface area (Å²) in [6.45, 7) is 3.86. The fourth-order valence-electron chi connectivity index (χ4n) is 3.84. The number of nitrogens with zero attached hydrogens (tertiary/aromatic N) is 2. The minimum Gasteiger partial charge on any atom is -0.309 e. The molecule has 1 heterocycles. The number of aryl methyl sites for hydroxylation is 2. The van der Waals surface area contributed by atoms with Crippen molar-refractivity contribution < 1.29 is 22.4 Å². The van der Waals surface area contributed by atoms with E-state index in [0.29, 0.717) is 24.2 Å². The van der Waals surface area contributed by atoms with Crippen LogP contribution in [0.5, 0.6) is 0 Å². The average molecular weight is 447 g/mol. The SMILES string of the molecule is CC(=O)c1ccc(S(=O)(=O)N(C)CCCC(=O)N2CCCc3cc(C)cc(F)c32)cc1. The molecule has 2 aromatic rings. The zero-order valence-corrected chi connectivity index (χ0v) is 18.8. The third kappa shape index (κ3) is 5.02. The molecule has 8 heteroatoms. The van der Waals surface area contributed by atoms with E-state index in [1.165, 1.54) is 53.5 Å². The Morgan fingerprint density at radius 1 is 1.16 bits per heavy atom. The quantitative estimate of drug-likeness (QED) is 0.608. The standard InChI is InChI=1S/C23H27FN2O4S/c1-16-14-19-6-4-13-26(23(19)21(24)15-16)22(28)7-5-12-25(3)31(29,30)20-10-8-18(9-11-20)17(2)27/h8-11,14-15H,4-7,12-13H2,1-3H3. The Morgan fingerprint density at radius 2 is 1.84 bits per heavy atom. The van der Waals surface area contributed by atoms with Gasteiger partial charge in [-0.3, -0.25) is 9.59 Å². The van der Waals surface area contributed by atoms with Gasteiger partial charge in [0.25, 0.3) is 0 Å². The molecule has 3 rings (SSSR count). The van der Waals surface area contributed by atoms with Crippen molar-refractivity contribution in [3.05, 3.63) is 58.9 Å². The van der Waals surface area contributed by atoms with Gasteiger partial charge in [-0.2, -0.15) is 0 Å². The fraction of sp³-hybridized carbons (Fsp3) is 0.391. The molecular formula is C23H27FN2O4S. The van der Waals surface area contributed by atoms with Gasteiger partial charge in [-0.05, 0) is 62.4 Å². The number of carbonyl (C=O) groups is 2. The maximum Gasteiger partial charge on any atom is 0.242 e. The first kappa shape index (κ1) is 23.1. The van der Waals surface area contributed by atoms with Gasteiger partial charge in [-0.25, -0.2) is 17.1 Å². The van der Waals surface area contributed by atoms with Crippen LogP contribution in [0.3, 0.4) is 0 Å². The molecule has 0 saturated heterocycles. The molecule has 166 valence electrons.